The summed E-state index contributed by atoms with van der Waals surface area (Å²) in [7, 11) is 0. The molecule has 2 fully saturated rings. The first-order chi connectivity index (χ1) is 13.0. The summed E-state index contributed by atoms with van der Waals surface area (Å²) in [4.78, 5) is 6.77. The van der Waals surface area contributed by atoms with E-state index in [-0.39, 0.29) is 17.6 Å². The second-order valence-electron chi connectivity index (χ2n) is 7.87. The number of ether oxygens (including phenoxy) is 1. The molecule has 4 nitrogen and oxygen atoms in total. The first-order valence-electron chi connectivity index (χ1n) is 9.47. The van der Waals surface area contributed by atoms with Crippen LogP contribution in [0.4, 0.5) is 8.78 Å². The second-order valence-corrected chi connectivity index (χ2v) is 7.87. The van der Waals surface area contributed by atoms with Gasteiger partial charge in [-0.25, -0.2) is 8.78 Å². The maximum Gasteiger partial charge on any atom is 0.167 e. The van der Waals surface area contributed by atoms with E-state index in [0.717, 1.165) is 44.2 Å². The summed E-state index contributed by atoms with van der Waals surface area (Å²) < 4.78 is 32.6. The van der Waals surface area contributed by atoms with E-state index in [1.54, 1.807) is 6.07 Å². The van der Waals surface area contributed by atoms with Gasteiger partial charge in [0.2, 0.25) is 0 Å². The standard InChI is InChI=1S/C21H24F2N2O2/c1-13(20-4-3-17(26)9-24-20)10-25-11-14-6-18(7-15(14)12-25)27-21-5-2-16(22)8-19(21)23/h2-5,8-9,13-15,18,26H,6-7,10-12H2,1H3/t13?,14-,15+,18+. The molecular weight excluding hydrogens is 350 g/mol. The van der Waals surface area contributed by atoms with Crippen molar-refractivity contribution in [2.24, 2.45) is 11.8 Å². The highest BCUT2D eigenvalue weighted by Crippen LogP contribution is 2.40. The lowest BCUT2D eigenvalue weighted by Crippen LogP contribution is -2.28. The normalized spacial score (nSPS) is 26.1. The third-order valence-electron chi connectivity index (χ3n) is 5.78. The van der Waals surface area contributed by atoms with Crippen molar-refractivity contribution in [2.45, 2.75) is 31.8 Å². The number of aromatic hydroxyl groups is 1. The molecule has 2 heterocycles. The number of hydrogen-bond acceptors (Lipinski definition) is 4. The Morgan fingerprint density at radius 3 is 2.56 bits per heavy atom. The van der Waals surface area contributed by atoms with Crippen molar-refractivity contribution < 1.29 is 18.6 Å². The molecule has 6 heteroatoms. The van der Waals surface area contributed by atoms with Crippen LogP contribution >= 0.6 is 0 Å². The molecule has 144 valence electrons. The van der Waals surface area contributed by atoms with Gasteiger partial charge in [0, 0.05) is 37.3 Å². The fraction of sp³-hybridized carbons (Fsp3) is 0.476. The molecule has 0 amide bonds. The van der Waals surface area contributed by atoms with Crippen molar-refractivity contribution in [1.29, 1.82) is 0 Å². The maximum atomic E-state index is 13.8. The van der Waals surface area contributed by atoms with Gasteiger partial charge in [-0.15, -0.1) is 0 Å². The topological polar surface area (TPSA) is 45.6 Å². The highest BCUT2D eigenvalue weighted by Gasteiger charge is 2.42. The molecule has 1 aromatic carbocycles. The zero-order chi connectivity index (χ0) is 19.0. The number of rotatable bonds is 5. The number of pyridine rings is 1. The summed E-state index contributed by atoms with van der Waals surface area (Å²) in [5, 5.41) is 9.37. The minimum absolute atomic E-state index is 0.00157. The monoisotopic (exact) mass is 374 g/mol. The molecule has 0 bridgehead atoms. The summed E-state index contributed by atoms with van der Waals surface area (Å²) in [5.41, 5.74) is 0.984. The van der Waals surface area contributed by atoms with Crippen molar-refractivity contribution in [3.8, 4) is 11.5 Å². The van der Waals surface area contributed by atoms with Gasteiger partial charge < -0.3 is 14.7 Å². The van der Waals surface area contributed by atoms with E-state index in [1.165, 1.54) is 18.3 Å². The van der Waals surface area contributed by atoms with Crippen LogP contribution in [0.5, 0.6) is 11.5 Å². The van der Waals surface area contributed by atoms with Gasteiger partial charge in [-0.2, -0.15) is 0 Å². The minimum atomic E-state index is -0.635. The largest absolute Gasteiger partial charge is 0.506 e. The molecule has 27 heavy (non-hydrogen) atoms. The number of benzene rings is 1. The Hall–Kier alpha value is -2.21. The molecule has 1 N–H and O–H groups in total. The highest BCUT2D eigenvalue weighted by molar-refractivity contribution is 5.25. The van der Waals surface area contributed by atoms with Gasteiger partial charge in [-0.05, 0) is 48.9 Å². The Bertz CT molecular complexity index is 785. The number of hydrogen-bond donors (Lipinski definition) is 1. The smallest absolute Gasteiger partial charge is 0.167 e. The summed E-state index contributed by atoms with van der Waals surface area (Å²) in [5.74, 6) is 0.511. The molecule has 4 atom stereocenters. The van der Waals surface area contributed by atoms with Gasteiger partial charge >= 0.3 is 0 Å². The molecule has 0 spiro atoms. The van der Waals surface area contributed by atoms with Gasteiger partial charge in [0.05, 0.1) is 12.3 Å². The van der Waals surface area contributed by atoms with Crippen molar-refractivity contribution in [1.82, 2.24) is 9.88 Å². The summed E-state index contributed by atoms with van der Waals surface area (Å²) in [6.07, 6.45) is 3.30. The Kier molecular flexibility index (Phi) is 5.00. The molecule has 1 unspecified atom stereocenters. The van der Waals surface area contributed by atoms with Crippen LogP contribution in [0.1, 0.15) is 31.4 Å². The number of likely N-dealkylation sites (tertiary alicyclic amines) is 1. The highest BCUT2D eigenvalue weighted by atomic mass is 19.1. The van der Waals surface area contributed by atoms with Crippen LogP contribution in [0.2, 0.25) is 0 Å². The fourth-order valence-corrected chi connectivity index (χ4v) is 4.51. The molecule has 4 rings (SSSR count). The van der Waals surface area contributed by atoms with E-state index >= 15 is 0 Å². The second kappa shape index (κ2) is 7.43. The summed E-state index contributed by atoms with van der Waals surface area (Å²) >= 11 is 0. The van der Waals surface area contributed by atoms with Gasteiger partial charge in [0.15, 0.2) is 11.6 Å². The number of halogens is 2. The van der Waals surface area contributed by atoms with Crippen LogP contribution in [-0.4, -0.2) is 40.7 Å². The third-order valence-corrected chi connectivity index (χ3v) is 5.78. The fourth-order valence-electron chi connectivity index (χ4n) is 4.51. The lowest BCUT2D eigenvalue weighted by Gasteiger charge is -2.23. The van der Waals surface area contributed by atoms with E-state index in [2.05, 4.69) is 16.8 Å². The average Bonchev–Trinajstić information content (AvgIpc) is 3.15. The van der Waals surface area contributed by atoms with E-state index in [9.17, 15) is 13.9 Å². The van der Waals surface area contributed by atoms with Crippen molar-refractivity contribution in [3.63, 3.8) is 0 Å². The predicted octanol–water partition coefficient (Wildman–Crippen LogP) is 3.96. The van der Waals surface area contributed by atoms with Crippen molar-refractivity contribution >= 4 is 0 Å². The van der Waals surface area contributed by atoms with Crippen molar-refractivity contribution in [3.05, 3.63) is 53.9 Å². The van der Waals surface area contributed by atoms with Crippen LogP contribution < -0.4 is 4.74 Å². The predicted molar refractivity (Wildman–Crippen MR) is 97.7 cm³/mol. The van der Waals surface area contributed by atoms with E-state index in [0.29, 0.717) is 17.8 Å². The molecule has 1 saturated heterocycles. The number of aromatic nitrogens is 1. The van der Waals surface area contributed by atoms with Crippen LogP contribution in [-0.2, 0) is 0 Å². The summed E-state index contributed by atoms with van der Waals surface area (Å²) in [6.45, 7) is 5.11. The first-order valence-corrected chi connectivity index (χ1v) is 9.47. The third kappa shape index (κ3) is 4.05. The maximum absolute atomic E-state index is 13.8. The Balaban J connectivity index is 1.29. The quantitative estimate of drug-likeness (QED) is 0.861. The van der Waals surface area contributed by atoms with Gasteiger partial charge in [0.1, 0.15) is 11.6 Å². The Morgan fingerprint density at radius 2 is 1.93 bits per heavy atom. The molecule has 1 aromatic heterocycles. The van der Waals surface area contributed by atoms with Gasteiger partial charge in [0.25, 0.3) is 0 Å². The van der Waals surface area contributed by atoms with Crippen LogP contribution in [0.15, 0.2) is 36.5 Å². The van der Waals surface area contributed by atoms with E-state index in [4.69, 9.17) is 4.74 Å². The summed E-state index contributed by atoms with van der Waals surface area (Å²) in [6, 6.07) is 7.02. The SMILES string of the molecule is CC(CN1C[C@H]2C[C@H](Oc3ccc(F)cc3F)C[C@H]2C1)c1ccc(O)cn1. The van der Waals surface area contributed by atoms with Gasteiger partial charge in [-0.1, -0.05) is 6.92 Å². The molecule has 1 aliphatic heterocycles. The Labute approximate surface area is 157 Å². The van der Waals surface area contributed by atoms with E-state index in [1.807, 2.05) is 6.07 Å². The van der Waals surface area contributed by atoms with Crippen LogP contribution in [0.3, 0.4) is 0 Å². The average molecular weight is 374 g/mol. The molecule has 2 aliphatic rings. The number of nitrogens with zero attached hydrogens (tertiary/aromatic N) is 2. The van der Waals surface area contributed by atoms with Crippen LogP contribution in [0, 0.1) is 23.5 Å². The minimum Gasteiger partial charge on any atom is -0.506 e. The zero-order valence-electron chi connectivity index (χ0n) is 15.3. The molecule has 1 saturated carbocycles. The lowest BCUT2D eigenvalue weighted by atomic mass is 10.0. The lowest BCUT2D eigenvalue weighted by molar-refractivity contribution is 0.177. The molecule has 0 radical (unpaired) electrons. The van der Waals surface area contributed by atoms with E-state index < -0.39 is 11.6 Å². The molecule has 1 aliphatic carbocycles. The Morgan fingerprint density at radius 1 is 1.19 bits per heavy atom. The van der Waals surface area contributed by atoms with Crippen molar-refractivity contribution in [2.75, 3.05) is 19.6 Å². The number of fused-ring (bicyclic) bond motifs is 1. The first kappa shape index (κ1) is 18.2. The zero-order valence-corrected chi connectivity index (χ0v) is 15.3. The molecule has 2 aromatic rings. The molecular formula is C21H24F2N2O2. The van der Waals surface area contributed by atoms with Gasteiger partial charge in [-0.3, -0.25) is 4.98 Å². The van der Waals surface area contributed by atoms with Crippen LogP contribution in [0.25, 0.3) is 0 Å².